The Hall–Kier alpha value is -8.66. The molecule has 1 saturated carbocycles. The number of carboxylic acid groups (broad SMARTS) is 1. The number of carbonyl (C=O) groups excluding carboxylic acids is 4. The number of halogens is 3. The molecule has 0 bridgehead atoms. The summed E-state index contributed by atoms with van der Waals surface area (Å²) in [6.45, 7) is 6.25. The summed E-state index contributed by atoms with van der Waals surface area (Å²) in [6, 6.07) is 25.7. The number of nitrogens with two attached hydrogens (primary N) is 1. The molecule has 1 aliphatic carbocycles. The maximum atomic E-state index is 12.7. The number of carboxylic acids is 1. The third-order valence-electron chi connectivity index (χ3n) is 13.4. The highest BCUT2D eigenvalue weighted by Gasteiger charge is 2.52. The van der Waals surface area contributed by atoms with E-state index in [9.17, 15) is 32.3 Å². The molecule has 6 aromatic rings. The lowest BCUT2D eigenvalue weighted by molar-refractivity contribution is -0.192. The SMILES string of the molecule is C1CCCCC1.CCc1ccc2c(c1)C(=O)C(=O)N2.CCc1ccc2c(c1)C1(NN=C(c3ccnc(OC)c3)S1)C(=O)N2.COc1cc(C(=S)N2CCCCC2)ccn1.COc1cc(C(=S)NN)ccn1.COc1cc(C=O)ccn1.O=C(O)C(F)(F)F. The van der Waals surface area contributed by atoms with Gasteiger partial charge in [-0.05, 0) is 91.8 Å². The lowest BCUT2D eigenvalue weighted by atomic mass is 10.0. The van der Waals surface area contributed by atoms with E-state index in [-0.39, 0.29) is 5.91 Å². The van der Waals surface area contributed by atoms with E-state index in [0.29, 0.717) is 45.3 Å². The maximum Gasteiger partial charge on any atom is 0.490 e. The number of pyridine rings is 4. The largest absolute Gasteiger partial charge is 0.490 e. The zero-order valence-corrected chi connectivity index (χ0v) is 51.9. The van der Waals surface area contributed by atoms with E-state index in [1.807, 2.05) is 49.4 Å². The number of nitrogens with zero attached hydrogens (tertiary/aromatic N) is 6. The van der Waals surface area contributed by atoms with Gasteiger partial charge in [-0.3, -0.25) is 24.6 Å². The maximum absolute atomic E-state index is 12.7. The van der Waals surface area contributed by atoms with E-state index in [2.05, 4.69) is 64.4 Å². The molecule has 21 nitrogen and oxygen atoms in total. The molecule has 11 rings (SSSR count). The Morgan fingerprint density at radius 3 is 1.72 bits per heavy atom. The fourth-order valence-corrected chi connectivity index (χ4v) is 10.2. The number of nitrogens with one attached hydrogen (secondary N) is 4. The van der Waals surface area contributed by atoms with Gasteiger partial charge in [-0.25, -0.2) is 30.6 Å². The van der Waals surface area contributed by atoms with Gasteiger partial charge in [0.05, 0.1) is 39.7 Å². The molecule has 2 fully saturated rings. The topological polar surface area (TPSA) is 284 Å². The van der Waals surface area contributed by atoms with E-state index < -0.39 is 28.7 Å². The predicted octanol–water partition coefficient (Wildman–Crippen LogP) is 10.2. The van der Waals surface area contributed by atoms with Crippen LogP contribution in [0.25, 0.3) is 0 Å². The van der Waals surface area contributed by atoms with Crippen LogP contribution in [-0.2, 0) is 32.1 Å². The van der Waals surface area contributed by atoms with Crippen LogP contribution in [0.3, 0.4) is 0 Å². The number of methoxy groups -OCH3 is 4. The van der Waals surface area contributed by atoms with Crippen molar-refractivity contribution in [1.29, 1.82) is 0 Å². The van der Waals surface area contributed by atoms with E-state index in [1.54, 1.807) is 76.3 Å². The summed E-state index contributed by atoms with van der Waals surface area (Å²) in [5.41, 5.74) is 13.9. The number of carbonyl (C=O) groups is 5. The first-order valence-electron chi connectivity index (χ1n) is 27.8. The van der Waals surface area contributed by atoms with Crippen LogP contribution >= 0.6 is 36.2 Å². The Labute approximate surface area is 523 Å². The number of Topliss-reactive ketones (excluding diaryl/α,β-unsaturated/α-hetero) is 1. The number of aromatic nitrogens is 4. The first-order valence-corrected chi connectivity index (χ1v) is 29.4. The summed E-state index contributed by atoms with van der Waals surface area (Å²) in [5, 5.41) is 17.7. The summed E-state index contributed by atoms with van der Waals surface area (Å²) >= 11 is 11.8. The molecule has 4 aliphatic heterocycles. The van der Waals surface area contributed by atoms with Gasteiger partial charge in [0.1, 0.15) is 21.3 Å². The third kappa shape index (κ3) is 20.5. The molecule has 2 amide bonds. The predicted molar refractivity (Wildman–Crippen MR) is 338 cm³/mol. The number of rotatable bonds is 10. The van der Waals surface area contributed by atoms with Crippen molar-refractivity contribution >= 4 is 92.4 Å². The Morgan fingerprint density at radius 2 is 1.18 bits per heavy atom. The van der Waals surface area contributed by atoms with Crippen molar-refractivity contribution in [3.63, 3.8) is 0 Å². The number of hydrogen-bond donors (Lipinski definition) is 6. The van der Waals surface area contributed by atoms with Gasteiger partial charge in [0.15, 0.2) is 0 Å². The smallest absolute Gasteiger partial charge is 0.481 e. The number of ketones is 1. The monoisotopic (exact) mass is 1270 g/mol. The molecular weight excluding hydrogens is 1200 g/mol. The first-order chi connectivity index (χ1) is 42.3. The summed E-state index contributed by atoms with van der Waals surface area (Å²) < 4.78 is 51.7. The molecule has 1 unspecified atom stereocenters. The Bertz CT molecular complexity index is 3400. The lowest BCUT2D eigenvalue weighted by Gasteiger charge is -2.29. The molecule has 27 heteroatoms. The minimum atomic E-state index is -5.08. The molecule has 1 atom stereocenters. The van der Waals surface area contributed by atoms with Crippen molar-refractivity contribution in [2.24, 2.45) is 10.9 Å². The van der Waals surface area contributed by atoms with Crippen molar-refractivity contribution in [1.82, 2.24) is 35.7 Å². The van der Waals surface area contributed by atoms with E-state index in [4.69, 9.17) is 59.1 Å². The standard InChI is InChI=1S/C17H16N4O2S.C12H16N2OS.C10H9NO2.C7H9N3OS.C7H7NO2.C6H12.C2HF3O2/c1-3-10-4-5-13-12(8-10)17(16(22)19-13)21-20-15(24-17)11-6-7-18-14(9-11)23-2;1-15-11-9-10(5-6-13-11)12(16)14-7-3-2-4-8-14;1-2-6-3-4-8-7(5-6)9(12)10(13)11-8;1-11-6-4-5(2-3-9-6)7(12)10-8;1-10-7-4-6(5-9)2-3-8-7;1-2-4-6-5-3-1;3-2(4,5)1(6)7/h4-9,21H,3H2,1-2H3,(H,19,22);5-6,9H,2-4,7-8H2,1H3;3-5H,2H2,1H3,(H,11,12,13);2-4H,8H2,1H3,(H,10,12);2-5H,1H3;1-6H2;(H,6,7). The first kappa shape index (κ1) is 70.1. The van der Waals surface area contributed by atoms with Crippen molar-refractivity contribution in [3.05, 3.63) is 154 Å². The minimum absolute atomic E-state index is 0.101. The average molecular weight is 1270 g/mol. The van der Waals surface area contributed by atoms with Crippen LogP contribution in [0.2, 0.25) is 0 Å². The van der Waals surface area contributed by atoms with Crippen LogP contribution in [0, 0.1) is 0 Å². The molecule has 0 radical (unpaired) electrons. The number of alkyl halides is 3. The van der Waals surface area contributed by atoms with Gasteiger partial charge in [0.2, 0.25) is 28.4 Å². The number of amides is 2. The molecule has 2 aromatic carbocycles. The third-order valence-corrected chi connectivity index (χ3v) is 15.6. The fraction of sp³-hybridized carbons (Fsp3) is 0.344. The highest BCUT2D eigenvalue weighted by atomic mass is 32.2. The average Bonchev–Trinajstić information content (AvgIpc) is 2.48. The van der Waals surface area contributed by atoms with Crippen LogP contribution < -0.4 is 46.3 Å². The summed E-state index contributed by atoms with van der Waals surface area (Å²) in [5.74, 6) is 3.45. The Morgan fingerprint density at radius 1 is 0.693 bits per heavy atom. The van der Waals surface area contributed by atoms with Gasteiger partial charge in [-0.15, -0.1) is 0 Å². The molecule has 1 spiro atoms. The second kappa shape index (κ2) is 35.2. The van der Waals surface area contributed by atoms with Crippen LogP contribution in [-0.4, -0.2) is 123 Å². The second-order valence-corrected chi connectivity index (χ2v) is 21.3. The van der Waals surface area contributed by atoms with Gasteiger partial charge in [0, 0.05) is 95.6 Å². The number of thioether (sulfide) groups is 1. The molecule has 88 heavy (non-hydrogen) atoms. The number of fused-ring (bicyclic) bond motifs is 3. The summed E-state index contributed by atoms with van der Waals surface area (Å²) in [4.78, 5) is 72.6. The van der Waals surface area contributed by atoms with E-state index in [0.717, 1.165) is 75.8 Å². The number of likely N-dealkylation sites (tertiary alicyclic amines) is 1. The quantitative estimate of drug-likeness (QED) is 0.0244. The highest BCUT2D eigenvalue weighted by Crippen LogP contribution is 2.48. The zero-order chi connectivity index (χ0) is 64.2. The number of aryl methyl sites for hydroxylation is 2. The van der Waals surface area contributed by atoms with E-state index >= 15 is 0 Å². The molecule has 1 saturated heterocycles. The van der Waals surface area contributed by atoms with Crippen molar-refractivity contribution < 1.29 is 61.2 Å². The number of ether oxygens (including phenoxy) is 4. The van der Waals surface area contributed by atoms with Crippen LogP contribution in [0.4, 0.5) is 24.5 Å². The van der Waals surface area contributed by atoms with Gasteiger partial charge in [-0.1, -0.05) is 101 Å². The number of piperidine rings is 1. The molecule has 468 valence electrons. The Balaban J connectivity index is 0.000000196. The van der Waals surface area contributed by atoms with Crippen molar-refractivity contribution in [2.75, 3.05) is 52.2 Å². The normalized spacial score (nSPS) is 15.6. The van der Waals surface area contributed by atoms with Gasteiger partial charge < -0.3 is 45.0 Å². The molecule has 4 aromatic heterocycles. The molecular formula is C61H70F3N11O10S3. The molecule has 8 heterocycles. The zero-order valence-electron chi connectivity index (χ0n) is 49.4. The molecule has 7 N–H and O–H groups in total. The fourth-order valence-electron chi connectivity index (χ4n) is 8.61. The van der Waals surface area contributed by atoms with Crippen LogP contribution in [0.5, 0.6) is 23.5 Å². The number of aldehydes is 1. The van der Waals surface area contributed by atoms with Gasteiger partial charge in [-0.2, -0.15) is 18.3 Å². The minimum Gasteiger partial charge on any atom is -0.481 e. The van der Waals surface area contributed by atoms with Gasteiger partial charge in [0.25, 0.3) is 17.6 Å². The number of thiocarbonyl (C=S) groups is 2. The lowest BCUT2D eigenvalue weighted by Crippen LogP contribution is -2.39. The van der Waals surface area contributed by atoms with Gasteiger partial charge >= 0.3 is 12.1 Å². The second-order valence-electron chi connectivity index (χ2n) is 19.3. The number of hydrazine groups is 1. The number of hydrazone groups is 1. The number of hydrogen-bond acceptors (Lipinski definition) is 19. The number of benzene rings is 2. The summed E-state index contributed by atoms with van der Waals surface area (Å²) in [6.07, 6.45) is 16.8. The Kier molecular flexibility index (Phi) is 28.1. The van der Waals surface area contributed by atoms with E-state index in [1.165, 1.54) is 88.4 Å². The van der Waals surface area contributed by atoms with Crippen LogP contribution in [0.1, 0.15) is 126 Å². The van der Waals surface area contributed by atoms with Crippen molar-refractivity contribution in [2.45, 2.75) is 95.5 Å². The number of aliphatic carboxylic acids is 1. The number of anilines is 2. The summed E-state index contributed by atoms with van der Waals surface area (Å²) in [7, 11) is 6.25. The van der Waals surface area contributed by atoms with Crippen LogP contribution in [0.15, 0.2) is 115 Å². The molecule has 5 aliphatic rings. The van der Waals surface area contributed by atoms with Crippen molar-refractivity contribution in [3.8, 4) is 23.5 Å². The highest BCUT2D eigenvalue weighted by molar-refractivity contribution is 8.16.